The number of rotatable bonds is 7. The first-order valence-electron chi connectivity index (χ1n) is 6.92. The van der Waals surface area contributed by atoms with Gasteiger partial charge >= 0.3 is 0 Å². The number of benzene rings is 2. The molecule has 0 bridgehead atoms. The first kappa shape index (κ1) is 15.5. The van der Waals surface area contributed by atoms with Crippen LogP contribution >= 0.6 is 11.8 Å². The van der Waals surface area contributed by atoms with E-state index in [0.717, 1.165) is 30.0 Å². The van der Waals surface area contributed by atoms with Crippen molar-refractivity contribution in [2.45, 2.75) is 29.7 Å². The Morgan fingerprint density at radius 1 is 1.10 bits per heavy atom. The van der Waals surface area contributed by atoms with Gasteiger partial charge in [0, 0.05) is 17.5 Å². The zero-order chi connectivity index (χ0) is 15.1. The Bertz CT molecular complexity index is 617. The highest BCUT2D eigenvalue weighted by molar-refractivity contribution is 7.99. The SMILES string of the molecule is CCCNCc1ccccc1Sc1ccccc1[N+](=O)[O-]. The molecule has 4 nitrogen and oxygen atoms in total. The lowest BCUT2D eigenvalue weighted by atomic mass is 10.2. The maximum Gasteiger partial charge on any atom is 0.283 e. The average Bonchev–Trinajstić information content (AvgIpc) is 2.49. The lowest BCUT2D eigenvalue weighted by molar-refractivity contribution is -0.387. The van der Waals surface area contributed by atoms with Crippen molar-refractivity contribution in [3.63, 3.8) is 0 Å². The first-order chi connectivity index (χ1) is 10.2. The molecule has 5 heteroatoms. The highest BCUT2D eigenvalue weighted by Gasteiger charge is 2.14. The van der Waals surface area contributed by atoms with Gasteiger partial charge in [-0.15, -0.1) is 0 Å². The van der Waals surface area contributed by atoms with Gasteiger partial charge < -0.3 is 5.32 Å². The standard InChI is InChI=1S/C16H18N2O2S/c1-2-11-17-12-13-7-3-5-9-15(13)21-16-10-6-4-8-14(16)18(19)20/h3-10,17H,2,11-12H2,1H3. The van der Waals surface area contributed by atoms with Crippen molar-refractivity contribution in [2.24, 2.45) is 0 Å². The molecule has 0 atom stereocenters. The van der Waals surface area contributed by atoms with Gasteiger partial charge in [0.1, 0.15) is 0 Å². The van der Waals surface area contributed by atoms with E-state index >= 15 is 0 Å². The normalized spacial score (nSPS) is 10.5. The van der Waals surface area contributed by atoms with Gasteiger partial charge in [-0.1, -0.05) is 49.0 Å². The van der Waals surface area contributed by atoms with Crippen molar-refractivity contribution in [3.05, 3.63) is 64.2 Å². The molecule has 0 saturated heterocycles. The van der Waals surface area contributed by atoms with E-state index in [1.807, 2.05) is 24.3 Å². The predicted molar refractivity (Wildman–Crippen MR) is 85.7 cm³/mol. The fourth-order valence-electron chi connectivity index (χ4n) is 1.96. The Morgan fingerprint density at radius 2 is 1.76 bits per heavy atom. The van der Waals surface area contributed by atoms with Gasteiger partial charge in [0.2, 0.25) is 0 Å². The lowest BCUT2D eigenvalue weighted by Crippen LogP contribution is -2.14. The van der Waals surface area contributed by atoms with Crippen LogP contribution in [0.2, 0.25) is 0 Å². The molecule has 1 N–H and O–H groups in total. The molecule has 21 heavy (non-hydrogen) atoms. The second-order valence-electron chi connectivity index (χ2n) is 4.61. The average molecular weight is 302 g/mol. The van der Waals surface area contributed by atoms with Crippen LogP contribution in [0, 0.1) is 10.1 Å². The Kier molecular flexibility index (Phi) is 5.78. The predicted octanol–water partition coefficient (Wildman–Crippen LogP) is 4.25. The topological polar surface area (TPSA) is 55.2 Å². The van der Waals surface area contributed by atoms with E-state index in [1.54, 1.807) is 18.2 Å². The molecule has 110 valence electrons. The summed E-state index contributed by atoms with van der Waals surface area (Å²) in [6.45, 7) is 3.86. The van der Waals surface area contributed by atoms with Crippen LogP contribution in [0.15, 0.2) is 58.3 Å². The van der Waals surface area contributed by atoms with Gasteiger partial charge in [0.15, 0.2) is 0 Å². The summed E-state index contributed by atoms with van der Waals surface area (Å²) < 4.78 is 0. The van der Waals surface area contributed by atoms with E-state index in [2.05, 4.69) is 18.3 Å². The fourth-order valence-corrected chi connectivity index (χ4v) is 3.01. The monoisotopic (exact) mass is 302 g/mol. The third-order valence-electron chi connectivity index (χ3n) is 3.00. The van der Waals surface area contributed by atoms with Crippen LogP contribution in [0.5, 0.6) is 0 Å². The van der Waals surface area contributed by atoms with Gasteiger partial charge in [0.05, 0.1) is 9.82 Å². The van der Waals surface area contributed by atoms with E-state index in [4.69, 9.17) is 0 Å². The smallest absolute Gasteiger partial charge is 0.283 e. The minimum absolute atomic E-state index is 0.152. The van der Waals surface area contributed by atoms with E-state index < -0.39 is 0 Å². The van der Waals surface area contributed by atoms with Crippen LogP contribution in [0.3, 0.4) is 0 Å². The molecule has 0 spiro atoms. The molecule has 0 aromatic heterocycles. The van der Waals surface area contributed by atoms with Gasteiger partial charge in [-0.2, -0.15) is 0 Å². The highest BCUT2D eigenvalue weighted by Crippen LogP contribution is 2.36. The fraction of sp³-hybridized carbons (Fsp3) is 0.250. The molecule has 0 aliphatic rings. The molecule has 0 fully saturated rings. The van der Waals surface area contributed by atoms with Crippen LogP contribution in [-0.4, -0.2) is 11.5 Å². The summed E-state index contributed by atoms with van der Waals surface area (Å²) in [6.07, 6.45) is 1.08. The summed E-state index contributed by atoms with van der Waals surface area (Å²) in [4.78, 5) is 12.5. The highest BCUT2D eigenvalue weighted by atomic mass is 32.2. The second kappa shape index (κ2) is 7.81. The zero-order valence-electron chi connectivity index (χ0n) is 11.9. The van der Waals surface area contributed by atoms with Crippen LogP contribution in [0.4, 0.5) is 5.69 Å². The maximum absolute atomic E-state index is 11.1. The third kappa shape index (κ3) is 4.31. The molecule has 0 amide bonds. The van der Waals surface area contributed by atoms with Crippen LogP contribution in [0.25, 0.3) is 0 Å². The molecule has 2 aromatic carbocycles. The van der Waals surface area contributed by atoms with Crippen molar-refractivity contribution in [3.8, 4) is 0 Å². The summed E-state index contributed by atoms with van der Waals surface area (Å²) in [5.41, 5.74) is 1.31. The van der Waals surface area contributed by atoms with E-state index in [-0.39, 0.29) is 10.6 Å². The summed E-state index contributed by atoms with van der Waals surface area (Å²) in [6, 6.07) is 14.9. The van der Waals surface area contributed by atoms with Gasteiger partial charge in [-0.25, -0.2) is 0 Å². The molecule has 0 radical (unpaired) electrons. The van der Waals surface area contributed by atoms with Gasteiger partial charge in [-0.3, -0.25) is 10.1 Å². The van der Waals surface area contributed by atoms with Crippen molar-refractivity contribution < 1.29 is 4.92 Å². The number of hydrogen-bond acceptors (Lipinski definition) is 4. The summed E-state index contributed by atoms with van der Waals surface area (Å²) in [5.74, 6) is 0. The molecule has 0 aliphatic heterocycles. The van der Waals surface area contributed by atoms with Crippen molar-refractivity contribution >= 4 is 17.4 Å². The minimum atomic E-state index is -0.333. The Labute approximate surface area is 128 Å². The number of nitro benzene ring substituents is 1. The first-order valence-corrected chi connectivity index (χ1v) is 7.74. The summed E-state index contributed by atoms with van der Waals surface area (Å²) in [7, 11) is 0. The number of para-hydroxylation sites is 1. The Balaban J connectivity index is 2.22. The number of hydrogen-bond donors (Lipinski definition) is 1. The number of nitro groups is 1. The molecule has 2 rings (SSSR count). The minimum Gasteiger partial charge on any atom is -0.313 e. The van der Waals surface area contributed by atoms with Crippen LogP contribution in [0.1, 0.15) is 18.9 Å². The van der Waals surface area contributed by atoms with Crippen LogP contribution in [-0.2, 0) is 6.54 Å². The van der Waals surface area contributed by atoms with Crippen molar-refractivity contribution in [2.75, 3.05) is 6.54 Å². The molecule has 0 unspecified atom stereocenters. The largest absolute Gasteiger partial charge is 0.313 e. The van der Waals surface area contributed by atoms with E-state index in [9.17, 15) is 10.1 Å². The molecule has 0 saturated carbocycles. The molecular formula is C16H18N2O2S. The quantitative estimate of drug-likeness (QED) is 0.472. The molecular weight excluding hydrogens is 284 g/mol. The van der Waals surface area contributed by atoms with Crippen molar-refractivity contribution in [1.29, 1.82) is 0 Å². The number of nitrogens with one attached hydrogen (secondary N) is 1. The lowest BCUT2D eigenvalue weighted by Gasteiger charge is -2.10. The van der Waals surface area contributed by atoms with Gasteiger partial charge in [0.25, 0.3) is 5.69 Å². The van der Waals surface area contributed by atoms with E-state index in [0.29, 0.717) is 4.90 Å². The van der Waals surface area contributed by atoms with E-state index in [1.165, 1.54) is 11.8 Å². The zero-order valence-corrected chi connectivity index (χ0v) is 12.7. The Morgan fingerprint density at radius 3 is 2.48 bits per heavy atom. The van der Waals surface area contributed by atoms with Crippen LogP contribution < -0.4 is 5.32 Å². The second-order valence-corrected chi connectivity index (χ2v) is 5.70. The molecule has 0 aliphatic carbocycles. The van der Waals surface area contributed by atoms with Crippen molar-refractivity contribution in [1.82, 2.24) is 5.32 Å². The summed E-state index contributed by atoms with van der Waals surface area (Å²) in [5, 5.41) is 14.5. The number of nitrogens with zero attached hydrogens (tertiary/aromatic N) is 1. The van der Waals surface area contributed by atoms with Gasteiger partial charge in [-0.05, 0) is 30.7 Å². The molecule has 0 heterocycles. The summed E-state index contributed by atoms with van der Waals surface area (Å²) >= 11 is 1.45. The third-order valence-corrected chi connectivity index (χ3v) is 4.18. The molecule has 2 aromatic rings. The Hall–Kier alpha value is -1.85. The maximum atomic E-state index is 11.1.